The average molecular weight is 324 g/mol. The normalized spacial score (nSPS) is 17.7. The molecule has 6 heteroatoms. The third-order valence-electron chi connectivity index (χ3n) is 3.76. The molecule has 0 aromatic heterocycles. The summed E-state index contributed by atoms with van der Waals surface area (Å²) in [5.41, 5.74) is 1.77. The number of likely N-dealkylation sites (N-methyl/N-ethyl adjacent to an activating group) is 1. The van der Waals surface area contributed by atoms with Crippen LogP contribution in [-0.2, 0) is 16.0 Å². The Morgan fingerprint density at radius 2 is 2.18 bits per heavy atom. The highest BCUT2D eigenvalue weighted by molar-refractivity contribution is 8.00. The summed E-state index contributed by atoms with van der Waals surface area (Å²) in [6.45, 7) is 1.67. The van der Waals surface area contributed by atoms with Gasteiger partial charge in [0.2, 0.25) is 11.8 Å². The zero-order valence-electron chi connectivity index (χ0n) is 13.1. The first kappa shape index (κ1) is 16.8. The number of hydrogen-bond acceptors (Lipinski definition) is 3. The first-order valence-corrected chi connectivity index (χ1v) is 8.34. The average Bonchev–Trinajstić information content (AvgIpc) is 2.88. The van der Waals surface area contributed by atoms with Crippen molar-refractivity contribution in [3.8, 4) is 0 Å². The Hall–Kier alpha value is -1.56. The van der Waals surface area contributed by atoms with Crippen LogP contribution >= 0.6 is 11.8 Å². The largest absolute Gasteiger partial charge is 0.347 e. The second kappa shape index (κ2) is 7.13. The highest BCUT2D eigenvalue weighted by Crippen LogP contribution is 2.41. The summed E-state index contributed by atoms with van der Waals surface area (Å²) < 4.78 is 13.7. The molecule has 0 heterocycles. The number of hydrogen-bond donors (Lipinski definition) is 1. The van der Waals surface area contributed by atoms with Gasteiger partial charge in [0.25, 0.3) is 0 Å². The molecule has 1 N–H and O–H groups in total. The van der Waals surface area contributed by atoms with Gasteiger partial charge in [-0.15, -0.1) is 11.8 Å². The summed E-state index contributed by atoms with van der Waals surface area (Å²) in [6, 6.07) is 4.59. The fraction of sp³-hybridized carbons (Fsp3) is 0.500. The molecule has 0 radical (unpaired) electrons. The lowest BCUT2D eigenvalue weighted by molar-refractivity contribution is -0.133. The highest BCUT2D eigenvalue weighted by atomic mass is 32.2. The summed E-state index contributed by atoms with van der Waals surface area (Å²) in [5.74, 6) is -0.189. The molecule has 4 nitrogen and oxygen atoms in total. The molecule has 2 atom stereocenters. The lowest BCUT2D eigenvalue weighted by atomic mass is 10.1. The molecule has 120 valence electrons. The van der Waals surface area contributed by atoms with Crippen molar-refractivity contribution in [3.63, 3.8) is 0 Å². The van der Waals surface area contributed by atoms with E-state index in [2.05, 4.69) is 5.32 Å². The second-order valence-corrected chi connectivity index (χ2v) is 6.86. The van der Waals surface area contributed by atoms with Crippen molar-refractivity contribution in [1.29, 1.82) is 0 Å². The molecule has 0 spiro atoms. The van der Waals surface area contributed by atoms with Gasteiger partial charge < -0.3 is 10.2 Å². The van der Waals surface area contributed by atoms with Crippen molar-refractivity contribution in [2.24, 2.45) is 0 Å². The summed E-state index contributed by atoms with van der Waals surface area (Å²) in [4.78, 5) is 25.1. The van der Waals surface area contributed by atoms with Crippen LogP contribution in [0.15, 0.2) is 18.2 Å². The van der Waals surface area contributed by atoms with Gasteiger partial charge in [0.05, 0.1) is 5.75 Å². The number of amides is 2. The highest BCUT2D eigenvalue weighted by Gasteiger charge is 2.26. The number of fused-ring (bicyclic) bond motifs is 1. The van der Waals surface area contributed by atoms with E-state index in [9.17, 15) is 14.0 Å². The van der Waals surface area contributed by atoms with Crippen molar-refractivity contribution in [2.75, 3.05) is 19.8 Å². The Morgan fingerprint density at radius 3 is 2.86 bits per heavy atom. The van der Waals surface area contributed by atoms with Gasteiger partial charge in [0.15, 0.2) is 0 Å². The number of rotatable bonds is 5. The summed E-state index contributed by atoms with van der Waals surface area (Å²) in [7, 11) is 3.31. The minimum absolute atomic E-state index is 0.133. The van der Waals surface area contributed by atoms with Crippen LogP contribution in [0.5, 0.6) is 0 Å². The standard InChI is InChI=1S/C16H21FN2O2S/c1-10(16(21)19(2)3)18-15(20)9-22-14-8-7-11-12(14)5-4-6-13(11)17/h4-6,10,14H,7-9H2,1-3H3,(H,18,20)/t10-,14+/m1/s1. The van der Waals surface area contributed by atoms with Gasteiger partial charge in [0.1, 0.15) is 11.9 Å². The molecule has 0 saturated heterocycles. The summed E-state index contributed by atoms with van der Waals surface area (Å²) >= 11 is 1.50. The number of nitrogens with one attached hydrogen (secondary N) is 1. The van der Waals surface area contributed by atoms with Crippen molar-refractivity contribution < 1.29 is 14.0 Å². The molecule has 2 rings (SSSR count). The van der Waals surface area contributed by atoms with Crippen molar-refractivity contribution in [2.45, 2.75) is 31.1 Å². The van der Waals surface area contributed by atoms with Crippen LogP contribution in [0.1, 0.15) is 29.7 Å². The van der Waals surface area contributed by atoms with Crippen LogP contribution in [0, 0.1) is 5.82 Å². The second-order valence-electron chi connectivity index (χ2n) is 5.67. The Kier molecular flexibility index (Phi) is 5.45. The maximum atomic E-state index is 13.7. The molecule has 1 aliphatic rings. The quantitative estimate of drug-likeness (QED) is 0.903. The van der Waals surface area contributed by atoms with E-state index in [0.717, 1.165) is 24.0 Å². The fourth-order valence-corrected chi connectivity index (χ4v) is 3.77. The number of nitrogens with zero attached hydrogens (tertiary/aromatic N) is 1. The van der Waals surface area contributed by atoms with Crippen molar-refractivity contribution >= 4 is 23.6 Å². The van der Waals surface area contributed by atoms with E-state index >= 15 is 0 Å². The van der Waals surface area contributed by atoms with Gasteiger partial charge in [0, 0.05) is 19.3 Å². The number of carbonyl (C=O) groups is 2. The Labute approximate surface area is 134 Å². The first-order chi connectivity index (χ1) is 10.4. The lowest BCUT2D eigenvalue weighted by Gasteiger charge is -2.18. The van der Waals surface area contributed by atoms with Crippen LogP contribution in [0.4, 0.5) is 4.39 Å². The summed E-state index contributed by atoms with van der Waals surface area (Å²) in [5, 5.41) is 2.84. The Morgan fingerprint density at radius 1 is 1.45 bits per heavy atom. The molecule has 0 bridgehead atoms. The van der Waals surface area contributed by atoms with Gasteiger partial charge in [-0.05, 0) is 37.0 Å². The lowest BCUT2D eigenvalue weighted by Crippen LogP contribution is -2.44. The molecule has 0 fully saturated rings. The fourth-order valence-electron chi connectivity index (χ4n) is 2.65. The third kappa shape index (κ3) is 3.80. The van der Waals surface area contributed by atoms with E-state index in [1.54, 1.807) is 27.1 Å². The van der Waals surface area contributed by atoms with E-state index in [1.165, 1.54) is 22.7 Å². The smallest absolute Gasteiger partial charge is 0.244 e. The van der Waals surface area contributed by atoms with Gasteiger partial charge >= 0.3 is 0 Å². The first-order valence-electron chi connectivity index (χ1n) is 7.29. The molecular weight excluding hydrogens is 303 g/mol. The molecule has 0 aliphatic heterocycles. The van der Waals surface area contributed by atoms with E-state index in [0.29, 0.717) is 0 Å². The Balaban J connectivity index is 1.86. The minimum atomic E-state index is -0.531. The van der Waals surface area contributed by atoms with Gasteiger partial charge in [-0.25, -0.2) is 4.39 Å². The third-order valence-corrected chi connectivity index (χ3v) is 5.08. The number of thioether (sulfide) groups is 1. The van der Waals surface area contributed by atoms with Crippen molar-refractivity contribution in [3.05, 3.63) is 35.1 Å². The van der Waals surface area contributed by atoms with Crippen LogP contribution in [0.2, 0.25) is 0 Å². The summed E-state index contributed by atoms with van der Waals surface area (Å²) in [6.07, 6.45) is 1.57. The predicted octanol–water partition coefficient (Wildman–Crippen LogP) is 2.14. The molecule has 0 unspecified atom stereocenters. The van der Waals surface area contributed by atoms with E-state index in [-0.39, 0.29) is 28.6 Å². The van der Waals surface area contributed by atoms with Crippen LogP contribution < -0.4 is 5.32 Å². The van der Waals surface area contributed by atoms with Gasteiger partial charge in [-0.1, -0.05) is 12.1 Å². The van der Waals surface area contributed by atoms with Crippen LogP contribution in [-0.4, -0.2) is 42.6 Å². The Bertz CT molecular complexity index is 577. The zero-order chi connectivity index (χ0) is 16.3. The number of benzene rings is 1. The van der Waals surface area contributed by atoms with Gasteiger partial charge in [-0.2, -0.15) is 0 Å². The van der Waals surface area contributed by atoms with Crippen LogP contribution in [0.25, 0.3) is 0 Å². The van der Waals surface area contributed by atoms with E-state index < -0.39 is 6.04 Å². The molecule has 1 aromatic rings. The molecule has 1 aromatic carbocycles. The molecule has 2 amide bonds. The number of halogens is 1. The van der Waals surface area contributed by atoms with Crippen molar-refractivity contribution in [1.82, 2.24) is 10.2 Å². The molecule has 22 heavy (non-hydrogen) atoms. The van der Waals surface area contributed by atoms with E-state index in [1.807, 2.05) is 6.07 Å². The zero-order valence-corrected chi connectivity index (χ0v) is 13.9. The van der Waals surface area contributed by atoms with Crippen LogP contribution in [0.3, 0.4) is 0 Å². The maximum absolute atomic E-state index is 13.7. The van der Waals surface area contributed by atoms with E-state index in [4.69, 9.17) is 0 Å². The monoisotopic (exact) mass is 324 g/mol. The SMILES string of the molecule is C[C@@H](NC(=O)CS[C@H]1CCc2c(F)cccc21)C(=O)N(C)C. The molecule has 0 saturated carbocycles. The number of carbonyl (C=O) groups excluding carboxylic acids is 2. The topological polar surface area (TPSA) is 49.4 Å². The molecular formula is C16H21FN2O2S. The van der Waals surface area contributed by atoms with Gasteiger partial charge in [-0.3, -0.25) is 9.59 Å². The predicted molar refractivity (Wildman–Crippen MR) is 86.2 cm³/mol. The maximum Gasteiger partial charge on any atom is 0.244 e. The minimum Gasteiger partial charge on any atom is -0.347 e. The molecule has 1 aliphatic carbocycles.